The molecule has 2 aromatic heterocycles. The minimum Gasteiger partial charge on any atom is -0.388 e. The third-order valence-corrected chi connectivity index (χ3v) is 3.28. The topological polar surface area (TPSA) is 50.9 Å². The average Bonchev–Trinajstić information content (AvgIpc) is 2.86. The fourth-order valence-corrected chi connectivity index (χ4v) is 2.39. The van der Waals surface area contributed by atoms with E-state index in [0.717, 1.165) is 22.7 Å². The van der Waals surface area contributed by atoms with Crippen LogP contribution in [0.4, 0.5) is 0 Å². The second-order valence-corrected chi connectivity index (χ2v) is 4.68. The van der Waals surface area contributed by atoms with E-state index in [2.05, 4.69) is 10.1 Å². The number of hydrogen-bond donors (Lipinski definition) is 1. The SMILES string of the molecule is CCc1nn(C)cc1C(O)Cc1nccs1. The molecule has 2 aromatic rings. The van der Waals surface area contributed by atoms with Gasteiger partial charge in [-0.3, -0.25) is 4.68 Å². The number of aliphatic hydroxyl groups is 1. The van der Waals surface area contributed by atoms with Crippen LogP contribution in [0.5, 0.6) is 0 Å². The van der Waals surface area contributed by atoms with Crippen molar-refractivity contribution < 1.29 is 5.11 Å². The average molecular weight is 237 g/mol. The van der Waals surface area contributed by atoms with Gasteiger partial charge in [0, 0.05) is 36.8 Å². The van der Waals surface area contributed by atoms with Gasteiger partial charge in [-0.1, -0.05) is 6.92 Å². The van der Waals surface area contributed by atoms with Crippen molar-refractivity contribution in [2.75, 3.05) is 0 Å². The molecule has 1 unspecified atom stereocenters. The molecule has 0 fully saturated rings. The Kier molecular flexibility index (Phi) is 3.36. The van der Waals surface area contributed by atoms with Crippen molar-refractivity contribution in [1.29, 1.82) is 0 Å². The van der Waals surface area contributed by atoms with Crippen LogP contribution >= 0.6 is 11.3 Å². The highest BCUT2D eigenvalue weighted by atomic mass is 32.1. The van der Waals surface area contributed by atoms with Gasteiger partial charge in [-0.2, -0.15) is 5.10 Å². The highest BCUT2D eigenvalue weighted by Crippen LogP contribution is 2.22. The van der Waals surface area contributed by atoms with Crippen LogP contribution in [0.15, 0.2) is 17.8 Å². The summed E-state index contributed by atoms with van der Waals surface area (Å²) in [6.07, 6.45) is 4.55. The third-order valence-electron chi connectivity index (χ3n) is 2.48. The molecule has 0 spiro atoms. The summed E-state index contributed by atoms with van der Waals surface area (Å²) in [5.41, 5.74) is 1.88. The minimum absolute atomic E-state index is 0.505. The van der Waals surface area contributed by atoms with E-state index in [1.807, 2.05) is 25.5 Å². The van der Waals surface area contributed by atoms with Gasteiger partial charge < -0.3 is 5.11 Å². The molecule has 4 nitrogen and oxygen atoms in total. The third kappa shape index (κ3) is 2.31. The summed E-state index contributed by atoms with van der Waals surface area (Å²) in [5.74, 6) is 0. The number of nitrogens with zero attached hydrogens (tertiary/aromatic N) is 3. The molecule has 0 aliphatic carbocycles. The largest absolute Gasteiger partial charge is 0.388 e. The molecule has 86 valence electrons. The lowest BCUT2D eigenvalue weighted by atomic mass is 10.1. The summed E-state index contributed by atoms with van der Waals surface area (Å²) < 4.78 is 1.75. The smallest absolute Gasteiger partial charge is 0.0954 e. The van der Waals surface area contributed by atoms with Gasteiger partial charge >= 0.3 is 0 Å². The van der Waals surface area contributed by atoms with Crippen molar-refractivity contribution >= 4 is 11.3 Å². The molecule has 0 bridgehead atoms. The van der Waals surface area contributed by atoms with Crippen molar-refractivity contribution in [3.63, 3.8) is 0 Å². The molecule has 0 saturated heterocycles. The first kappa shape index (κ1) is 11.3. The Morgan fingerprint density at radius 3 is 3.00 bits per heavy atom. The van der Waals surface area contributed by atoms with Crippen LogP contribution in [-0.2, 0) is 19.9 Å². The molecule has 2 heterocycles. The van der Waals surface area contributed by atoms with Gasteiger partial charge in [0.15, 0.2) is 0 Å². The van der Waals surface area contributed by atoms with Gasteiger partial charge in [-0.25, -0.2) is 4.98 Å². The molecule has 2 rings (SSSR count). The fourth-order valence-electron chi connectivity index (χ4n) is 1.74. The van der Waals surface area contributed by atoms with Crippen LogP contribution in [0.3, 0.4) is 0 Å². The molecule has 0 amide bonds. The fraction of sp³-hybridized carbons (Fsp3) is 0.455. The van der Waals surface area contributed by atoms with Gasteiger partial charge in [0.2, 0.25) is 0 Å². The molecule has 0 aliphatic rings. The quantitative estimate of drug-likeness (QED) is 0.880. The molecule has 0 radical (unpaired) electrons. The van der Waals surface area contributed by atoms with E-state index in [9.17, 15) is 5.11 Å². The summed E-state index contributed by atoms with van der Waals surface area (Å²) in [6, 6.07) is 0. The molecule has 0 aliphatic heterocycles. The maximum absolute atomic E-state index is 10.1. The molecule has 5 heteroatoms. The summed E-state index contributed by atoms with van der Waals surface area (Å²) in [6.45, 7) is 2.04. The summed E-state index contributed by atoms with van der Waals surface area (Å²) >= 11 is 1.57. The number of hydrogen-bond acceptors (Lipinski definition) is 4. The maximum atomic E-state index is 10.1. The van der Waals surface area contributed by atoms with E-state index >= 15 is 0 Å². The lowest BCUT2D eigenvalue weighted by molar-refractivity contribution is 0.177. The van der Waals surface area contributed by atoms with Crippen LogP contribution in [0.1, 0.15) is 29.3 Å². The highest BCUT2D eigenvalue weighted by molar-refractivity contribution is 7.09. The summed E-state index contributed by atoms with van der Waals surface area (Å²) in [4.78, 5) is 4.18. The van der Waals surface area contributed by atoms with Gasteiger partial charge in [0.1, 0.15) is 0 Å². The van der Waals surface area contributed by atoms with Crippen LogP contribution in [0.2, 0.25) is 0 Å². The number of aromatic nitrogens is 3. The zero-order chi connectivity index (χ0) is 11.5. The van der Waals surface area contributed by atoms with E-state index in [0.29, 0.717) is 6.42 Å². The Morgan fingerprint density at radius 1 is 1.56 bits per heavy atom. The van der Waals surface area contributed by atoms with Crippen molar-refractivity contribution in [3.8, 4) is 0 Å². The zero-order valence-corrected chi connectivity index (χ0v) is 10.2. The molecule has 0 aromatic carbocycles. The summed E-state index contributed by atoms with van der Waals surface area (Å²) in [5, 5.41) is 17.3. The Bertz CT molecular complexity index is 450. The van der Waals surface area contributed by atoms with Gasteiger partial charge in [-0.05, 0) is 6.42 Å². The first-order valence-corrected chi connectivity index (χ1v) is 6.17. The van der Waals surface area contributed by atoms with Crippen LogP contribution in [-0.4, -0.2) is 19.9 Å². The Morgan fingerprint density at radius 2 is 2.38 bits per heavy atom. The lowest BCUT2D eigenvalue weighted by Gasteiger charge is -2.07. The molecule has 1 N–H and O–H groups in total. The number of rotatable bonds is 4. The van der Waals surface area contributed by atoms with E-state index in [1.54, 1.807) is 22.2 Å². The molecular weight excluding hydrogens is 222 g/mol. The monoisotopic (exact) mass is 237 g/mol. The summed E-state index contributed by atoms with van der Waals surface area (Å²) in [7, 11) is 1.87. The minimum atomic E-state index is -0.505. The Labute approximate surface area is 98.6 Å². The first-order chi connectivity index (χ1) is 7.70. The van der Waals surface area contributed by atoms with Gasteiger partial charge in [0.25, 0.3) is 0 Å². The zero-order valence-electron chi connectivity index (χ0n) is 9.42. The second-order valence-electron chi connectivity index (χ2n) is 3.70. The van der Waals surface area contributed by atoms with Crippen molar-refractivity contribution in [2.45, 2.75) is 25.9 Å². The number of aryl methyl sites for hydroxylation is 2. The van der Waals surface area contributed by atoms with Crippen molar-refractivity contribution in [3.05, 3.63) is 34.0 Å². The molecule has 16 heavy (non-hydrogen) atoms. The van der Waals surface area contributed by atoms with Crippen LogP contribution < -0.4 is 0 Å². The number of thiazole rings is 1. The van der Waals surface area contributed by atoms with Crippen LogP contribution in [0, 0.1) is 0 Å². The van der Waals surface area contributed by atoms with Crippen molar-refractivity contribution in [2.24, 2.45) is 7.05 Å². The maximum Gasteiger partial charge on any atom is 0.0954 e. The van der Waals surface area contributed by atoms with E-state index in [-0.39, 0.29) is 0 Å². The molecule has 1 atom stereocenters. The van der Waals surface area contributed by atoms with Crippen LogP contribution in [0.25, 0.3) is 0 Å². The first-order valence-electron chi connectivity index (χ1n) is 5.29. The number of aliphatic hydroxyl groups excluding tert-OH is 1. The molecular formula is C11H15N3OS. The standard InChI is InChI=1S/C11H15N3OS/c1-3-9-8(7-14(2)13-9)10(15)6-11-12-4-5-16-11/h4-5,7,10,15H,3,6H2,1-2H3. The second kappa shape index (κ2) is 4.76. The van der Waals surface area contributed by atoms with Crippen molar-refractivity contribution in [1.82, 2.24) is 14.8 Å². The molecule has 0 saturated carbocycles. The van der Waals surface area contributed by atoms with E-state index in [1.165, 1.54) is 0 Å². The van der Waals surface area contributed by atoms with E-state index in [4.69, 9.17) is 0 Å². The van der Waals surface area contributed by atoms with Gasteiger partial charge in [0.05, 0.1) is 16.8 Å². The normalized spacial score (nSPS) is 12.9. The Hall–Kier alpha value is -1.20. The van der Waals surface area contributed by atoms with Gasteiger partial charge in [-0.15, -0.1) is 11.3 Å². The lowest BCUT2D eigenvalue weighted by Crippen LogP contribution is -2.03. The highest BCUT2D eigenvalue weighted by Gasteiger charge is 2.16. The predicted octanol–water partition coefficient (Wildman–Crippen LogP) is 1.72. The predicted molar refractivity (Wildman–Crippen MR) is 63.4 cm³/mol. The van der Waals surface area contributed by atoms with E-state index < -0.39 is 6.10 Å². The Balaban J connectivity index is 2.16.